The van der Waals surface area contributed by atoms with Crippen LogP contribution in [0, 0.1) is 6.92 Å². The van der Waals surface area contributed by atoms with E-state index in [-0.39, 0.29) is 5.56 Å². The van der Waals surface area contributed by atoms with Crippen LogP contribution in [0.5, 0.6) is 0 Å². The van der Waals surface area contributed by atoms with Gasteiger partial charge < -0.3 is 15.3 Å². The first-order chi connectivity index (χ1) is 8.00. The fraction of sp³-hybridized carbons (Fsp3) is 0.500. The Morgan fingerprint density at radius 2 is 2.18 bits per heavy atom. The Labute approximate surface area is 101 Å². The van der Waals surface area contributed by atoms with Crippen LogP contribution in [0.15, 0.2) is 12.1 Å². The fourth-order valence-corrected chi connectivity index (χ4v) is 1.47. The van der Waals surface area contributed by atoms with Crippen LogP contribution >= 0.6 is 0 Å². The summed E-state index contributed by atoms with van der Waals surface area (Å²) in [6.07, 6.45) is 0.946. The number of aryl methyl sites for hydroxylation is 1. The van der Waals surface area contributed by atoms with Gasteiger partial charge in [-0.05, 0) is 46.1 Å². The quantitative estimate of drug-likeness (QED) is 0.733. The number of aromatic nitrogens is 1. The van der Waals surface area contributed by atoms with E-state index in [0.29, 0.717) is 5.82 Å². The molecule has 0 fully saturated rings. The van der Waals surface area contributed by atoms with Crippen molar-refractivity contribution in [3.8, 4) is 0 Å². The molecular weight excluding hydrogens is 218 g/mol. The van der Waals surface area contributed by atoms with Crippen molar-refractivity contribution in [3.63, 3.8) is 0 Å². The van der Waals surface area contributed by atoms with Gasteiger partial charge in [0.1, 0.15) is 11.4 Å². The zero-order valence-corrected chi connectivity index (χ0v) is 10.5. The molecule has 0 aliphatic carbocycles. The van der Waals surface area contributed by atoms with E-state index < -0.39 is 5.97 Å². The zero-order valence-electron chi connectivity index (χ0n) is 10.5. The molecular formula is C12H19N3O2. The van der Waals surface area contributed by atoms with Crippen molar-refractivity contribution in [2.45, 2.75) is 13.3 Å². The summed E-state index contributed by atoms with van der Waals surface area (Å²) in [5, 5.41) is 12.1. The van der Waals surface area contributed by atoms with Crippen LogP contribution in [-0.4, -0.2) is 48.1 Å². The number of pyridine rings is 1. The summed E-state index contributed by atoms with van der Waals surface area (Å²) >= 11 is 0. The Morgan fingerprint density at radius 1 is 1.47 bits per heavy atom. The first-order valence-electron chi connectivity index (χ1n) is 5.60. The second-order valence-corrected chi connectivity index (χ2v) is 4.24. The molecule has 1 heterocycles. The molecule has 5 nitrogen and oxygen atoms in total. The zero-order chi connectivity index (χ0) is 12.8. The minimum Gasteiger partial charge on any atom is -0.478 e. The average molecular weight is 237 g/mol. The Morgan fingerprint density at radius 3 is 2.76 bits per heavy atom. The first kappa shape index (κ1) is 13.4. The molecule has 94 valence electrons. The lowest BCUT2D eigenvalue weighted by Crippen LogP contribution is -2.17. The standard InChI is InChI=1S/C12H19N3O2/c1-9-5-6-10(12(16)17)11(14-9)13-7-4-8-15(2)3/h5-6H,4,7-8H2,1-3H3,(H,13,14)(H,16,17). The molecule has 0 spiro atoms. The molecule has 17 heavy (non-hydrogen) atoms. The smallest absolute Gasteiger partial charge is 0.339 e. The van der Waals surface area contributed by atoms with Gasteiger partial charge >= 0.3 is 5.97 Å². The van der Waals surface area contributed by atoms with Gasteiger partial charge in [0.25, 0.3) is 0 Å². The highest BCUT2D eigenvalue weighted by Gasteiger charge is 2.10. The summed E-state index contributed by atoms with van der Waals surface area (Å²) in [7, 11) is 4.02. The van der Waals surface area contributed by atoms with E-state index in [4.69, 9.17) is 5.11 Å². The number of carboxylic acid groups (broad SMARTS) is 1. The number of carboxylic acids is 1. The van der Waals surface area contributed by atoms with E-state index in [2.05, 4.69) is 15.2 Å². The summed E-state index contributed by atoms with van der Waals surface area (Å²) in [6.45, 7) is 3.52. The number of anilines is 1. The molecule has 1 aromatic heterocycles. The van der Waals surface area contributed by atoms with Crippen LogP contribution in [0.3, 0.4) is 0 Å². The van der Waals surface area contributed by atoms with Gasteiger partial charge in [-0.3, -0.25) is 0 Å². The second-order valence-electron chi connectivity index (χ2n) is 4.24. The van der Waals surface area contributed by atoms with Crippen LogP contribution in [0.4, 0.5) is 5.82 Å². The molecule has 0 aliphatic rings. The maximum atomic E-state index is 11.0. The van der Waals surface area contributed by atoms with Gasteiger partial charge in [-0.1, -0.05) is 0 Å². The summed E-state index contributed by atoms with van der Waals surface area (Å²) in [5.41, 5.74) is 1.03. The fourth-order valence-electron chi connectivity index (χ4n) is 1.47. The Hall–Kier alpha value is -1.62. The second kappa shape index (κ2) is 6.20. The topological polar surface area (TPSA) is 65.5 Å². The molecule has 1 rings (SSSR count). The minimum absolute atomic E-state index is 0.223. The van der Waals surface area contributed by atoms with E-state index in [9.17, 15) is 4.79 Å². The number of hydrogen-bond donors (Lipinski definition) is 2. The van der Waals surface area contributed by atoms with Gasteiger partial charge in [0, 0.05) is 12.2 Å². The van der Waals surface area contributed by atoms with E-state index >= 15 is 0 Å². The number of carbonyl (C=O) groups is 1. The Bertz CT molecular complexity index is 391. The number of hydrogen-bond acceptors (Lipinski definition) is 4. The molecule has 0 atom stereocenters. The highest BCUT2D eigenvalue weighted by molar-refractivity contribution is 5.93. The number of nitrogens with zero attached hydrogens (tertiary/aromatic N) is 2. The van der Waals surface area contributed by atoms with Crippen LogP contribution in [0.1, 0.15) is 22.5 Å². The predicted molar refractivity (Wildman–Crippen MR) is 67.6 cm³/mol. The van der Waals surface area contributed by atoms with Crippen LogP contribution in [0.2, 0.25) is 0 Å². The van der Waals surface area contributed by atoms with Gasteiger partial charge in [0.15, 0.2) is 0 Å². The van der Waals surface area contributed by atoms with E-state index in [1.807, 2.05) is 21.0 Å². The highest BCUT2D eigenvalue weighted by Crippen LogP contribution is 2.13. The predicted octanol–water partition coefficient (Wildman–Crippen LogP) is 1.45. The third-order valence-corrected chi connectivity index (χ3v) is 2.34. The van der Waals surface area contributed by atoms with E-state index in [1.165, 1.54) is 0 Å². The molecule has 0 saturated heterocycles. The average Bonchev–Trinajstić information content (AvgIpc) is 2.23. The SMILES string of the molecule is Cc1ccc(C(=O)O)c(NCCCN(C)C)n1. The largest absolute Gasteiger partial charge is 0.478 e. The maximum absolute atomic E-state index is 11.0. The molecule has 0 unspecified atom stereocenters. The van der Waals surface area contributed by atoms with Crippen molar-refractivity contribution < 1.29 is 9.90 Å². The Kier molecular flexibility index (Phi) is 4.90. The molecule has 1 aromatic rings. The molecule has 0 aliphatic heterocycles. The lowest BCUT2D eigenvalue weighted by Gasteiger charge is -2.11. The summed E-state index contributed by atoms with van der Waals surface area (Å²) in [6, 6.07) is 3.29. The van der Waals surface area contributed by atoms with Gasteiger partial charge in [-0.25, -0.2) is 9.78 Å². The van der Waals surface area contributed by atoms with Gasteiger partial charge in [0.05, 0.1) is 0 Å². The third-order valence-electron chi connectivity index (χ3n) is 2.34. The molecule has 0 bridgehead atoms. The van der Waals surface area contributed by atoms with E-state index in [1.54, 1.807) is 12.1 Å². The van der Waals surface area contributed by atoms with Crippen molar-refractivity contribution in [1.82, 2.24) is 9.88 Å². The minimum atomic E-state index is -0.951. The van der Waals surface area contributed by atoms with Crippen LogP contribution in [-0.2, 0) is 0 Å². The van der Waals surface area contributed by atoms with Crippen molar-refractivity contribution in [2.75, 3.05) is 32.5 Å². The molecule has 0 radical (unpaired) electrons. The number of aromatic carboxylic acids is 1. The number of rotatable bonds is 6. The van der Waals surface area contributed by atoms with Gasteiger partial charge in [-0.2, -0.15) is 0 Å². The molecule has 0 aromatic carbocycles. The molecule has 0 amide bonds. The summed E-state index contributed by atoms with van der Waals surface area (Å²) < 4.78 is 0. The maximum Gasteiger partial charge on any atom is 0.339 e. The molecule has 2 N–H and O–H groups in total. The third kappa shape index (κ3) is 4.40. The van der Waals surface area contributed by atoms with Crippen LogP contribution in [0.25, 0.3) is 0 Å². The van der Waals surface area contributed by atoms with Gasteiger partial charge in [0.2, 0.25) is 0 Å². The van der Waals surface area contributed by atoms with E-state index in [0.717, 1.165) is 25.2 Å². The molecule has 0 saturated carbocycles. The van der Waals surface area contributed by atoms with Crippen molar-refractivity contribution in [3.05, 3.63) is 23.4 Å². The monoisotopic (exact) mass is 237 g/mol. The van der Waals surface area contributed by atoms with Crippen molar-refractivity contribution >= 4 is 11.8 Å². The lowest BCUT2D eigenvalue weighted by atomic mass is 10.2. The highest BCUT2D eigenvalue weighted by atomic mass is 16.4. The van der Waals surface area contributed by atoms with Crippen molar-refractivity contribution in [1.29, 1.82) is 0 Å². The number of nitrogens with one attached hydrogen (secondary N) is 1. The summed E-state index contributed by atoms with van der Waals surface area (Å²) in [4.78, 5) is 17.3. The van der Waals surface area contributed by atoms with Gasteiger partial charge in [-0.15, -0.1) is 0 Å². The lowest BCUT2D eigenvalue weighted by molar-refractivity contribution is 0.0697. The Balaban J connectivity index is 2.62. The summed E-state index contributed by atoms with van der Waals surface area (Å²) in [5.74, 6) is -0.496. The van der Waals surface area contributed by atoms with Crippen molar-refractivity contribution in [2.24, 2.45) is 0 Å². The normalized spacial score (nSPS) is 10.6. The first-order valence-corrected chi connectivity index (χ1v) is 5.60. The molecule has 5 heteroatoms. The van der Waals surface area contributed by atoms with Crippen LogP contribution < -0.4 is 5.32 Å².